The Kier molecular flexibility index (Phi) is 3.83. The maximum Gasteiger partial charge on any atom is 0.0722 e. The van der Waals surface area contributed by atoms with Crippen molar-refractivity contribution < 1.29 is 4.74 Å². The summed E-state index contributed by atoms with van der Waals surface area (Å²) in [5, 5.41) is 1.21. The molecule has 0 saturated carbocycles. The SMILES string of the molecule is CC1(C)CN(c2ccnc3ccccc23)c2cc(N3CCOCC3)ccc21. The van der Waals surface area contributed by atoms with Gasteiger partial charge in [0.05, 0.1) is 24.4 Å². The molecule has 1 fully saturated rings. The number of nitrogens with zero attached hydrogens (tertiary/aromatic N) is 3. The molecule has 138 valence electrons. The number of hydrogen-bond donors (Lipinski definition) is 0. The molecule has 0 aliphatic carbocycles. The molecule has 0 unspecified atom stereocenters. The van der Waals surface area contributed by atoms with E-state index in [4.69, 9.17) is 4.74 Å². The van der Waals surface area contributed by atoms with Gasteiger partial charge in [-0.2, -0.15) is 0 Å². The van der Waals surface area contributed by atoms with Crippen molar-refractivity contribution in [1.82, 2.24) is 4.98 Å². The van der Waals surface area contributed by atoms with Crippen LogP contribution in [0, 0.1) is 0 Å². The predicted molar refractivity (Wildman–Crippen MR) is 111 cm³/mol. The minimum absolute atomic E-state index is 0.114. The fraction of sp³-hybridized carbons (Fsp3) is 0.348. The first-order valence-corrected chi connectivity index (χ1v) is 9.72. The topological polar surface area (TPSA) is 28.6 Å². The summed E-state index contributed by atoms with van der Waals surface area (Å²) in [5.74, 6) is 0. The summed E-state index contributed by atoms with van der Waals surface area (Å²) in [4.78, 5) is 9.45. The van der Waals surface area contributed by atoms with Gasteiger partial charge < -0.3 is 14.5 Å². The minimum atomic E-state index is 0.114. The minimum Gasteiger partial charge on any atom is -0.378 e. The molecular formula is C23H25N3O. The van der Waals surface area contributed by atoms with E-state index in [9.17, 15) is 0 Å². The average molecular weight is 359 g/mol. The summed E-state index contributed by atoms with van der Waals surface area (Å²) in [6.45, 7) is 9.18. The fourth-order valence-corrected chi connectivity index (χ4v) is 4.43. The number of pyridine rings is 1. The Balaban J connectivity index is 1.63. The van der Waals surface area contributed by atoms with Crippen LogP contribution in [0.4, 0.5) is 17.1 Å². The van der Waals surface area contributed by atoms with Gasteiger partial charge in [-0.3, -0.25) is 4.98 Å². The lowest BCUT2D eigenvalue weighted by atomic mass is 9.87. The van der Waals surface area contributed by atoms with Gasteiger partial charge in [0.15, 0.2) is 0 Å². The van der Waals surface area contributed by atoms with Gasteiger partial charge in [0, 0.05) is 48.0 Å². The average Bonchev–Trinajstić information content (AvgIpc) is 2.98. The first-order valence-electron chi connectivity index (χ1n) is 9.72. The normalized spacial score (nSPS) is 18.7. The quantitative estimate of drug-likeness (QED) is 0.673. The molecule has 3 aromatic rings. The maximum absolute atomic E-state index is 5.53. The van der Waals surface area contributed by atoms with Gasteiger partial charge in [-0.15, -0.1) is 0 Å². The zero-order chi connectivity index (χ0) is 18.4. The van der Waals surface area contributed by atoms with Crippen LogP contribution < -0.4 is 9.80 Å². The molecule has 1 aromatic heterocycles. The highest BCUT2D eigenvalue weighted by atomic mass is 16.5. The van der Waals surface area contributed by atoms with Crippen LogP contribution in [-0.2, 0) is 10.2 Å². The predicted octanol–water partition coefficient (Wildman–Crippen LogP) is 4.50. The number of aromatic nitrogens is 1. The number of fused-ring (bicyclic) bond motifs is 2. The molecule has 0 spiro atoms. The second kappa shape index (κ2) is 6.24. The van der Waals surface area contributed by atoms with Crippen LogP contribution in [0.2, 0.25) is 0 Å². The Bertz CT molecular complexity index is 987. The zero-order valence-electron chi connectivity index (χ0n) is 16.0. The van der Waals surface area contributed by atoms with Gasteiger partial charge >= 0.3 is 0 Å². The van der Waals surface area contributed by atoms with E-state index in [0.29, 0.717) is 0 Å². The van der Waals surface area contributed by atoms with Crippen LogP contribution in [0.3, 0.4) is 0 Å². The van der Waals surface area contributed by atoms with Gasteiger partial charge in [0.1, 0.15) is 0 Å². The first kappa shape index (κ1) is 16.6. The Morgan fingerprint density at radius 3 is 2.63 bits per heavy atom. The van der Waals surface area contributed by atoms with Crippen molar-refractivity contribution in [3.8, 4) is 0 Å². The maximum atomic E-state index is 5.53. The monoisotopic (exact) mass is 359 g/mol. The van der Waals surface area contributed by atoms with Crippen molar-refractivity contribution in [2.45, 2.75) is 19.3 Å². The van der Waals surface area contributed by atoms with E-state index < -0.39 is 0 Å². The first-order chi connectivity index (χ1) is 13.1. The largest absolute Gasteiger partial charge is 0.378 e. The van der Waals surface area contributed by atoms with Crippen LogP contribution >= 0.6 is 0 Å². The van der Waals surface area contributed by atoms with Crippen LogP contribution in [0.5, 0.6) is 0 Å². The molecule has 2 aliphatic heterocycles. The van der Waals surface area contributed by atoms with E-state index in [0.717, 1.165) is 38.4 Å². The molecule has 0 atom stereocenters. The van der Waals surface area contributed by atoms with E-state index in [-0.39, 0.29) is 5.41 Å². The van der Waals surface area contributed by atoms with Crippen molar-refractivity contribution in [2.75, 3.05) is 42.6 Å². The third-order valence-electron chi connectivity index (χ3n) is 5.85. The summed E-state index contributed by atoms with van der Waals surface area (Å²) in [5.41, 5.74) is 6.43. The molecule has 1 saturated heterocycles. The van der Waals surface area contributed by atoms with Crippen LogP contribution in [0.25, 0.3) is 10.9 Å². The number of hydrogen-bond acceptors (Lipinski definition) is 4. The van der Waals surface area contributed by atoms with E-state index in [1.165, 1.54) is 28.0 Å². The molecule has 27 heavy (non-hydrogen) atoms. The standard InChI is InChI=1S/C23H25N3O/c1-23(2)16-26(21-9-10-24-20-6-4-3-5-18(20)21)22-15-17(7-8-19(22)23)25-11-13-27-14-12-25/h3-10,15H,11-14,16H2,1-2H3. The molecule has 3 heterocycles. The second-order valence-electron chi connectivity index (χ2n) is 8.12. The molecule has 5 rings (SSSR count). The lowest BCUT2D eigenvalue weighted by Crippen LogP contribution is -2.36. The van der Waals surface area contributed by atoms with Crippen molar-refractivity contribution >= 4 is 28.0 Å². The van der Waals surface area contributed by atoms with Gasteiger partial charge in [-0.25, -0.2) is 0 Å². The Morgan fingerprint density at radius 1 is 0.963 bits per heavy atom. The lowest BCUT2D eigenvalue weighted by molar-refractivity contribution is 0.122. The van der Waals surface area contributed by atoms with Crippen LogP contribution in [0.15, 0.2) is 54.7 Å². The second-order valence-corrected chi connectivity index (χ2v) is 8.12. The molecule has 4 nitrogen and oxygen atoms in total. The van der Waals surface area contributed by atoms with E-state index in [1.807, 2.05) is 6.20 Å². The van der Waals surface area contributed by atoms with E-state index in [1.54, 1.807) is 0 Å². The van der Waals surface area contributed by atoms with Crippen molar-refractivity contribution in [3.63, 3.8) is 0 Å². The lowest BCUT2D eigenvalue weighted by Gasteiger charge is -2.30. The van der Waals surface area contributed by atoms with Gasteiger partial charge in [0.2, 0.25) is 0 Å². The van der Waals surface area contributed by atoms with E-state index >= 15 is 0 Å². The molecular weight excluding hydrogens is 334 g/mol. The number of morpholine rings is 1. The molecule has 4 heteroatoms. The van der Waals surface area contributed by atoms with Gasteiger partial charge in [0.25, 0.3) is 0 Å². The number of ether oxygens (including phenoxy) is 1. The molecule has 2 aliphatic rings. The summed E-state index contributed by atoms with van der Waals surface area (Å²) >= 11 is 0. The Hall–Kier alpha value is -2.59. The molecule has 0 N–H and O–H groups in total. The summed E-state index contributed by atoms with van der Waals surface area (Å²) in [7, 11) is 0. The van der Waals surface area contributed by atoms with Gasteiger partial charge in [-0.1, -0.05) is 38.1 Å². The Labute approximate surface area is 160 Å². The van der Waals surface area contributed by atoms with Crippen LogP contribution in [-0.4, -0.2) is 37.8 Å². The van der Waals surface area contributed by atoms with Gasteiger partial charge in [-0.05, 0) is 29.8 Å². The number of anilines is 3. The van der Waals surface area contributed by atoms with Crippen molar-refractivity contribution in [3.05, 3.63) is 60.3 Å². The highest BCUT2D eigenvalue weighted by molar-refractivity contribution is 5.95. The summed E-state index contributed by atoms with van der Waals surface area (Å²) in [6, 6.07) is 17.5. The molecule has 0 radical (unpaired) electrons. The third-order valence-corrected chi connectivity index (χ3v) is 5.85. The highest BCUT2D eigenvalue weighted by Crippen LogP contribution is 2.47. The van der Waals surface area contributed by atoms with Crippen molar-refractivity contribution in [1.29, 1.82) is 0 Å². The zero-order valence-corrected chi connectivity index (χ0v) is 16.0. The number of para-hydroxylation sites is 1. The van der Waals surface area contributed by atoms with Crippen molar-refractivity contribution in [2.24, 2.45) is 0 Å². The highest BCUT2D eigenvalue weighted by Gasteiger charge is 2.36. The third kappa shape index (κ3) is 2.76. The number of rotatable bonds is 2. The molecule has 0 amide bonds. The van der Waals surface area contributed by atoms with Crippen LogP contribution in [0.1, 0.15) is 19.4 Å². The van der Waals surface area contributed by atoms with E-state index in [2.05, 4.69) is 77.2 Å². The smallest absolute Gasteiger partial charge is 0.0722 e. The Morgan fingerprint density at radius 2 is 1.78 bits per heavy atom. The molecule has 0 bridgehead atoms. The fourth-order valence-electron chi connectivity index (χ4n) is 4.43. The molecule has 2 aromatic carbocycles. The summed E-state index contributed by atoms with van der Waals surface area (Å²) < 4.78 is 5.53. The number of benzene rings is 2. The summed E-state index contributed by atoms with van der Waals surface area (Å²) in [6.07, 6.45) is 1.93.